The lowest BCUT2D eigenvalue weighted by Crippen LogP contribution is -1.86. The van der Waals surface area contributed by atoms with Crippen LogP contribution in [0.3, 0.4) is 0 Å². The first kappa shape index (κ1) is 8.15. The number of nitrogens with zero attached hydrogens (tertiary/aromatic N) is 2. The molecule has 1 heterocycles. The van der Waals surface area contributed by atoms with Gasteiger partial charge in [0.25, 0.3) is 0 Å². The van der Waals surface area contributed by atoms with Crippen molar-refractivity contribution in [1.29, 1.82) is 0 Å². The van der Waals surface area contributed by atoms with E-state index in [1.807, 2.05) is 28.8 Å². The van der Waals surface area contributed by atoms with Crippen LogP contribution in [-0.2, 0) is 6.00 Å². The molecule has 1 aromatic heterocycles. The molecule has 0 aliphatic heterocycles. The number of para-hydroxylation sites is 1. The standard InChI is InChI=1S/C10H7ClN2/c1-12-9-6-13(7-11)10-5-3-2-4-8(9)10/h2-6H,7H2. The van der Waals surface area contributed by atoms with E-state index >= 15 is 0 Å². The van der Waals surface area contributed by atoms with Gasteiger partial charge in [-0.15, -0.1) is 11.6 Å². The molecular weight excluding hydrogens is 184 g/mol. The zero-order valence-electron chi connectivity index (χ0n) is 6.87. The molecule has 0 N–H and O–H groups in total. The minimum absolute atomic E-state index is 0.385. The fourth-order valence-electron chi connectivity index (χ4n) is 1.42. The van der Waals surface area contributed by atoms with E-state index in [1.54, 1.807) is 6.20 Å². The molecule has 0 bridgehead atoms. The molecule has 64 valence electrons. The zero-order chi connectivity index (χ0) is 9.26. The van der Waals surface area contributed by atoms with E-state index in [4.69, 9.17) is 18.2 Å². The zero-order valence-corrected chi connectivity index (χ0v) is 7.62. The van der Waals surface area contributed by atoms with Crippen molar-refractivity contribution in [3.8, 4) is 0 Å². The van der Waals surface area contributed by atoms with Crippen molar-refractivity contribution in [2.45, 2.75) is 6.00 Å². The van der Waals surface area contributed by atoms with Gasteiger partial charge < -0.3 is 4.57 Å². The Kier molecular flexibility index (Phi) is 1.96. The van der Waals surface area contributed by atoms with Crippen molar-refractivity contribution < 1.29 is 0 Å². The van der Waals surface area contributed by atoms with Gasteiger partial charge in [-0.3, -0.25) is 0 Å². The summed E-state index contributed by atoms with van der Waals surface area (Å²) in [5, 5.41) is 0.971. The Hall–Kier alpha value is -1.46. The van der Waals surface area contributed by atoms with E-state index < -0.39 is 0 Å². The van der Waals surface area contributed by atoms with E-state index in [9.17, 15) is 0 Å². The molecule has 0 aliphatic rings. The third-order valence-electron chi connectivity index (χ3n) is 2.02. The van der Waals surface area contributed by atoms with Crippen molar-refractivity contribution in [3.05, 3.63) is 41.9 Å². The molecule has 0 aliphatic carbocycles. The lowest BCUT2D eigenvalue weighted by Gasteiger charge is -1.97. The topological polar surface area (TPSA) is 9.29 Å². The van der Waals surface area contributed by atoms with Crippen LogP contribution in [0, 0.1) is 6.57 Å². The van der Waals surface area contributed by atoms with Gasteiger partial charge in [0.05, 0.1) is 12.6 Å². The van der Waals surface area contributed by atoms with Crippen LogP contribution < -0.4 is 0 Å². The summed E-state index contributed by atoms with van der Waals surface area (Å²) < 4.78 is 1.87. The fraction of sp³-hybridized carbons (Fsp3) is 0.100. The summed E-state index contributed by atoms with van der Waals surface area (Å²) in [6.07, 6.45) is 1.78. The second-order valence-electron chi connectivity index (χ2n) is 2.73. The van der Waals surface area contributed by atoms with Gasteiger partial charge in [0.1, 0.15) is 0 Å². The number of benzene rings is 1. The summed E-state index contributed by atoms with van der Waals surface area (Å²) in [6, 6.07) is 8.16. The molecule has 3 heteroatoms. The average molecular weight is 191 g/mol. The molecule has 0 amide bonds. The third-order valence-corrected chi connectivity index (χ3v) is 2.27. The Labute approximate surface area is 81.2 Å². The monoisotopic (exact) mass is 190 g/mol. The molecule has 13 heavy (non-hydrogen) atoms. The smallest absolute Gasteiger partial charge is 0.212 e. The largest absolute Gasteiger partial charge is 0.344 e. The number of alkyl halides is 1. The van der Waals surface area contributed by atoms with Gasteiger partial charge >= 0.3 is 0 Å². The van der Waals surface area contributed by atoms with E-state index in [0.29, 0.717) is 11.7 Å². The van der Waals surface area contributed by atoms with Crippen LogP contribution in [0.5, 0.6) is 0 Å². The summed E-state index contributed by atoms with van der Waals surface area (Å²) in [4.78, 5) is 3.44. The number of halogens is 1. The van der Waals surface area contributed by atoms with Crippen molar-refractivity contribution in [2.75, 3.05) is 0 Å². The van der Waals surface area contributed by atoms with Crippen molar-refractivity contribution in [1.82, 2.24) is 4.57 Å². The Morgan fingerprint density at radius 3 is 2.85 bits per heavy atom. The fourth-order valence-corrected chi connectivity index (χ4v) is 1.61. The molecule has 0 fully saturated rings. The van der Waals surface area contributed by atoms with Crippen LogP contribution in [0.2, 0.25) is 0 Å². The number of aromatic nitrogens is 1. The maximum Gasteiger partial charge on any atom is 0.212 e. The predicted molar refractivity (Wildman–Crippen MR) is 54.1 cm³/mol. The molecule has 0 atom stereocenters. The van der Waals surface area contributed by atoms with Gasteiger partial charge in [0.15, 0.2) is 0 Å². The Bertz CT molecular complexity index is 479. The van der Waals surface area contributed by atoms with Crippen LogP contribution in [-0.4, -0.2) is 4.57 Å². The third kappa shape index (κ3) is 1.18. The summed E-state index contributed by atoms with van der Waals surface area (Å²) in [7, 11) is 0. The molecule has 2 nitrogen and oxygen atoms in total. The molecule has 0 saturated heterocycles. The maximum atomic E-state index is 6.98. The van der Waals surface area contributed by atoms with Gasteiger partial charge in [-0.2, -0.15) is 0 Å². The summed E-state index contributed by atoms with van der Waals surface area (Å²) >= 11 is 5.74. The van der Waals surface area contributed by atoms with Gasteiger partial charge in [-0.05, 0) is 6.07 Å². The Morgan fingerprint density at radius 1 is 1.38 bits per heavy atom. The minimum atomic E-state index is 0.385. The van der Waals surface area contributed by atoms with Gasteiger partial charge in [0.2, 0.25) is 5.69 Å². The summed E-state index contributed by atoms with van der Waals surface area (Å²) in [5.74, 6) is 0. The second-order valence-corrected chi connectivity index (χ2v) is 2.97. The normalized spacial score (nSPS) is 10.2. The van der Waals surface area contributed by atoms with E-state index in [0.717, 1.165) is 10.9 Å². The van der Waals surface area contributed by atoms with E-state index in [2.05, 4.69) is 4.85 Å². The molecule has 2 aromatic rings. The van der Waals surface area contributed by atoms with Crippen LogP contribution in [0.4, 0.5) is 5.69 Å². The quantitative estimate of drug-likeness (QED) is 0.482. The number of fused-ring (bicyclic) bond motifs is 1. The van der Waals surface area contributed by atoms with Crippen molar-refractivity contribution in [2.24, 2.45) is 0 Å². The van der Waals surface area contributed by atoms with Gasteiger partial charge in [0, 0.05) is 17.1 Å². The Balaban J connectivity index is 2.84. The lowest BCUT2D eigenvalue weighted by atomic mass is 10.2. The minimum Gasteiger partial charge on any atom is -0.344 e. The molecule has 2 rings (SSSR count). The highest BCUT2D eigenvalue weighted by atomic mass is 35.5. The highest BCUT2D eigenvalue weighted by Crippen LogP contribution is 2.28. The highest BCUT2D eigenvalue weighted by Gasteiger charge is 2.05. The Morgan fingerprint density at radius 2 is 2.15 bits per heavy atom. The van der Waals surface area contributed by atoms with Crippen LogP contribution >= 0.6 is 11.6 Å². The van der Waals surface area contributed by atoms with Crippen LogP contribution in [0.15, 0.2) is 30.5 Å². The molecule has 0 radical (unpaired) electrons. The van der Waals surface area contributed by atoms with Crippen molar-refractivity contribution >= 4 is 28.2 Å². The van der Waals surface area contributed by atoms with E-state index in [1.165, 1.54) is 0 Å². The molecule has 0 saturated carbocycles. The second kappa shape index (κ2) is 3.12. The summed E-state index contributed by atoms with van der Waals surface area (Å²) in [5.41, 5.74) is 1.68. The first-order valence-electron chi connectivity index (χ1n) is 3.88. The van der Waals surface area contributed by atoms with Crippen LogP contribution in [0.1, 0.15) is 0 Å². The maximum absolute atomic E-state index is 6.98. The van der Waals surface area contributed by atoms with Crippen LogP contribution in [0.25, 0.3) is 15.7 Å². The average Bonchev–Trinajstić information content (AvgIpc) is 2.56. The molecular formula is C10H7ClN2. The summed E-state index contributed by atoms with van der Waals surface area (Å²) in [6.45, 7) is 6.98. The molecule has 1 aromatic carbocycles. The first-order chi connectivity index (χ1) is 6.36. The first-order valence-corrected chi connectivity index (χ1v) is 4.41. The van der Waals surface area contributed by atoms with Gasteiger partial charge in [-0.25, -0.2) is 4.85 Å². The highest BCUT2D eigenvalue weighted by molar-refractivity contribution is 6.16. The number of rotatable bonds is 1. The van der Waals surface area contributed by atoms with Crippen molar-refractivity contribution in [3.63, 3.8) is 0 Å². The van der Waals surface area contributed by atoms with E-state index in [-0.39, 0.29) is 0 Å². The van der Waals surface area contributed by atoms with Gasteiger partial charge in [-0.1, -0.05) is 18.2 Å². The predicted octanol–water partition coefficient (Wildman–Crippen LogP) is 3.39. The number of hydrogen-bond donors (Lipinski definition) is 0. The SMILES string of the molecule is [C-]#[N+]c1cn(CCl)c2ccccc12. The molecule has 0 spiro atoms. The number of hydrogen-bond acceptors (Lipinski definition) is 0. The molecule has 0 unspecified atom stereocenters. The lowest BCUT2D eigenvalue weighted by molar-refractivity contribution is 0.934.